The maximum atomic E-state index is 10.1. The highest BCUT2D eigenvalue weighted by Gasteiger charge is 2.09. The van der Waals surface area contributed by atoms with Gasteiger partial charge >= 0.3 is 5.97 Å². The summed E-state index contributed by atoms with van der Waals surface area (Å²) in [7, 11) is 0. The Morgan fingerprint density at radius 3 is 2.36 bits per heavy atom. The molecule has 11 heavy (non-hydrogen) atoms. The quantitative estimate of drug-likeness (QED) is 0.667. The van der Waals surface area contributed by atoms with Crippen molar-refractivity contribution in [2.24, 2.45) is 5.41 Å². The van der Waals surface area contributed by atoms with Gasteiger partial charge in [-0.05, 0) is 17.6 Å². The monoisotopic (exact) mass is 176 g/mol. The molecule has 0 aromatic heterocycles. The number of carboxylic acid groups (broad SMARTS) is 1. The van der Waals surface area contributed by atoms with Crippen LogP contribution in [0.4, 0.5) is 0 Å². The van der Waals surface area contributed by atoms with Crippen LogP contribution in [-0.2, 0) is 4.79 Å². The normalized spacial score (nSPS) is 11.5. The van der Waals surface area contributed by atoms with Crippen LogP contribution in [0.25, 0.3) is 0 Å². The van der Waals surface area contributed by atoms with Gasteiger partial charge in [0.25, 0.3) is 0 Å². The molecule has 0 aromatic rings. The maximum Gasteiger partial charge on any atom is 0.313 e. The number of hydrogen-bond acceptors (Lipinski definition) is 2. The first-order chi connectivity index (χ1) is 4.92. The van der Waals surface area contributed by atoms with E-state index in [0.29, 0.717) is 5.41 Å². The lowest BCUT2D eigenvalue weighted by molar-refractivity contribution is -0.133. The number of carbonyl (C=O) groups is 1. The average Bonchev–Trinajstić information content (AvgIpc) is 1.78. The van der Waals surface area contributed by atoms with E-state index >= 15 is 0 Å². The van der Waals surface area contributed by atoms with Gasteiger partial charge in [-0.3, -0.25) is 4.79 Å². The lowest BCUT2D eigenvalue weighted by Crippen LogP contribution is -2.07. The van der Waals surface area contributed by atoms with Gasteiger partial charge in [-0.15, -0.1) is 0 Å². The molecule has 0 unspecified atom stereocenters. The first kappa shape index (κ1) is 10.8. The Hall–Kier alpha value is -0.180. The smallest absolute Gasteiger partial charge is 0.313 e. The van der Waals surface area contributed by atoms with Crippen molar-refractivity contribution in [1.29, 1.82) is 0 Å². The second kappa shape index (κ2) is 4.65. The first-order valence-corrected chi connectivity index (χ1v) is 4.87. The summed E-state index contributed by atoms with van der Waals surface area (Å²) in [6, 6.07) is 0. The van der Waals surface area contributed by atoms with E-state index in [0.717, 1.165) is 12.2 Å². The molecule has 0 saturated carbocycles. The number of aliphatic carboxylic acids is 1. The van der Waals surface area contributed by atoms with Gasteiger partial charge in [0.05, 0.1) is 5.75 Å². The molecular weight excluding hydrogens is 160 g/mol. The van der Waals surface area contributed by atoms with Crippen molar-refractivity contribution < 1.29 is 9.90 Å². The standard InChI is InChI=1S/C8H16O2S/c1-8(2,3)4-5-11-6-7(9)10/h4-6H2,1-3H3,(H,9,10). The molecule has 0 saturated heterocycles. The van der Waals surface area contributed by atoms with Crippen LogP contribution in [0.3, 0.4) is 0 Å². The predicted octanol–water partition coefficient (Wildman–Crippen LogP) is 2.24. The molecule has 1 N–H and O–H groups in total. The molecule has 2 nitrogen and oxygen atoms in total. The number of carboxylic acids is 1. The average molecular weight is 176 g/mol. The summed E-state index contributed by atoms with van der Waals surface area (Å²) >= 11 is 1.49. The van der Waals surface area contributed by atoms with Crippen molar-refractivity contribution in [2.45, 2.75) is 27.2 Å². The summed E-state index contributed by atoms with van der Waals surface area (Å²) in [6.07, 6.45) is 1.07. The molecule has 0 spiro atoms. The Morgan fingerprint density at radius 2 is 2.00 bits per heavy atom. The van der Waals surface area contributed by atoms with Crippen molar-refractivity contribution in [3.63, 3.8) is 0 Å². The third kappa shape index (κ3) is 9.82. The first-order valence-electron chi connectivity index (χ1n) is 3.71. The van der Waals surface area contributed by atoms with E-state index in [-0.39, 0.29) is 5.75 Å². The molecule has 0 aliphatic carbocycles. The summed E-state index contributed by atoms with van der Waals surface area (Å²) in [6.45, 7) is 6.48. The van der Waals surface area contributed by atoms with E-state index in [1.165, 1.54) is 11.8 Å². The van der Waals surface area contributed by atoms with Crippen LogP contribution in [0.2, 0.25) is 0 Å². The van der Waals surface area contributed by atoms with E-state index in [2.05, 4.69) is 20.8 Å². The highest BCUT2D eigenvalue weighted by Crippen LogP contribution is 2.20. The van der Waals surface area contributed by atoms with Crippen LogP contribution in [-0.4, -0.2) is 22.6 Å². The van der Waals surface area contributed by atoms with Gasteiger partial charge in [0, 0.05) is 0 Å². The largest absolute Gasteiger partial charge is 0.481 e. The van der Waals surface area contributed by atoms with Crippen molar-refractivity contribution in [3.05, 3.63) is 0 Å². The van der Waals surface area contributed by atoms with Crippen LogP contribution in [0, 0.1) is 5.41 Å². The van der Waals surface area contributed by atoms with E-state index in [9.17, 15) is 4.79 Å². The maximum absolute atomic E-state index is 10.1. The molecule has 3 heteroatoms. The molecule has 0 heterocycles. The summed E-state index contributed by atoms with van der Waals surface area (Å²) in [5.74, 6) is 0.454. The molecule has 0 amide bonds. The van der Waals surface area contributed by atoms with Gasteiger partial charge < -0.3 is 5.11 Å². The molecule has 0 bridgehead atoms. The van der Waals surface area contributed by atoms with Gasteiger partial charge in [-0.25, -0.2) is 0 Å². The van der Waals surface area contributed by atoms with E-state index in [1.807, 2.05) is 0 Å². The molecule has 0 radical (unpaired) electrons. The highest BCUT2D eigenvalue weighted by atomic mass is 32.2. The molecule has 0 fully saturated rings. The number of rotatable bonds is 4. The van der Waals surface area contributed by atoms with Crippen LogP contribution in [0.15, 0.2) is 0 Å². The summed E-state index contributed by atoms with van der Waals surface area (Å²) in [4.78, 5) is 10.1. The summed E-state index contributed by atoms with van der Waals surface area (Å²) in [5.41, 5.74) is 0.325. The van der Waals surface area contributed by atoms with Gasteiger partial charge in [-0.2, -0.15) is 11.8 Å². The molecule has 0 aromatic carbocycles. The summed E-state index contributed by atoms with van der Waals surface area (Å²) in [5, 5.41) is 8.32. The fourth-order valence-electron chi connectivity index (χ4n) is 0.538. The third-order valence-electron chi connectivity index (χ3n) is 1.22. The second-order valence-corrected chi connectivity index (χ2v) is 4.86. The Kier molecular flexibility index (Phi) is 4.57. The molecule has 0 aliphatic rings. The van der Waals surface area contributed by atoms with Crippen molar-refractivity contribution >= 4 is 17.7 Å². The minimum Gasteiger partial charge on any atom is -0.481 e. The Labute approximate surface area is 72.4 Å². The second-order valence-electron chi connectivity index (χ2n) is 3.76. The van der Waals surface area contributed by atoms with E-state index < -0.39 is 5.97 Å². The number of thioether (sulfide) groups is 1. The van der Waals surface area contributed by atoms with E-state index in [1.54, 1.807) is 0 Å². The Bertz CT molecular complexity index is 127. The minimum absolute atomic E-state index is 0.232. The molecular formula is C8H16O2S. The van der Waals surface area contributed by atoms with Gasteiger partial charge in [-0.1, -0.05) is 20.8 Å². The van der Waals surface area contributed by atoms with Gasteiger partial charge in [0.2, 0.25) is 0 Å². The highest BCUT2D eigenvalue weighted by molar-refractivity contribution is 7.99. The van der Waals surface area contributed by atoms with Crippen molar-refractivity contribution in [2.75, 3.05) is 11.5 Å². The Morgan fingerprint density at radius 1 is 1.45 bits per heavy atom. The number of hydrogen-bond donors (Lipinski definition) is 1. The van der Waals surface area contributed by atoms with Gasteiger partial charge in [0.1, 0.15) is 0 Å². The lowest BCUT2D eigenvalue weighted by Gasteiger charge is -2.16. The molecule has 0 rings (SSSR count). The molecule has 0 aliphatic heterocycles. The van der Waals surface area contributed by atoms with Crippen molar-refractivity contribution in [3.8, 4) is 0 Å². The zero-order valence-electron chi connectivity index (χ0n) is 7.39. The fourth-order valence-corrected chi connectivity index (χ4v) is 1.61. The molecule has 66 valence electrons. The van der Waals surface area contributed by atoms with Crippen LogP contribution < -0.4 is 0 Å². The third-order valence-corrected chi connectivity index (χ3v) is 2.17. The molecule has 0 atom stereocenters. The summed E-state index contributed by atoms with van der Waals surface area (Å²) < 4.78 is 0. The van der Waals surface area contributed by atoms with Crippen molar-refractivity contribution in [1.82, 2.24) is 0 Å². The van der Waals surface area contributed by atoms with E-state index in [4.69, 9.17) is 5.11 Å². The topological polar surface area (TPSA) is 37.3 Å². The van der Waals surface area contributed by atoms with Gasteiger partial charge in [0.15, 0.2) is 0 Å². The van der Waals surface area contributed by atoms with Crippen LogP contribution in [0.1, 0.15) is 27.2 Å². The van der Waals surface area contributed by atoms with Crippen LogP contribution in [0.5, 0.6) is 0 Å². The zero-order valence-corrected chi connectivity index (χ0v) is 8.20. The fraction of sp³-hybridized carbons (Fsp3) is 0.875. The predicted molar refractivity (Wildman–Crippen MR) is 49.0 cm³/mol. The Balaban J connectivity index is 3.22. The SMILES string of the molecule is CC(C)(C)CCSCC(=O)O. The zero-order chi connectivity index (χ0) is 8.91. The lowest BCUT2D eigenvalue weighted by atomic mass is 9.94. The van der Waals surface area contributed by atoms with Crippen LogP contribution >= 0.6 is 11.8 Å². The minimum atomic E-state index is -0.719.